The smallest absolute Gasteiger partial charge is 0.369 e. The fraction of sp³-hybridized carbons (Fsp3) is 0.200. The molecule has 0 aliphatic heterocycles. The predicted molar refractivity (Wildman–Crippen MR) is 59.8 cm³/mol. The van der Waals surface area contributed by atoms with E-state index in [1.54, 1.807) is 0 Å². The molecule has 0 amide bonds. The molecule has 0 saturated carbocycles. The second kappa shape index (κ2) is 5.58. The molecule has 116 valence electrons. The lowest BCUT2D eigenvalue weighted by molar-refractivity contribution is -0.143. The van der Waals surface area contributed by atoms with Gasteiger partial charge in [0.15, 0.2) is 0 Å². The summed E-state index contributed by atoms with van der Waals surface area (Å²) in [5, 5.41) is 5.90. The SMILES string of the molecule is NC(N)=NN=Cc1c(F)cc(C(F)(F)F)cc1C(F)(F)F. The fourth-order valence-corrected chi connectivity index (χ4v) is 1.30. The van der Waals surface area contributed by atoms with E-state index in [4.69, 9.17) is 11.5 Å². The van der Waals surface area contributed by atoms with Crippen LogP contribution in [0.25, 0.3) is 0 Å². The minimum Gasteiger partial charge on any atom is -0.369 e. The van der Waals surface area contributed by atoms with Crippen LogP contribution < -0.4 is 11.5 Å². The van der Waals surface area contributed by atoms with Gasteiger partial charge in [0, 0.05) is 5.56 Å². The van der Waals surface area contributed by atoms with Gasteiger partial charge in [-0.2, -0.15) is 31.4 Å². The van der Waals surface area contributed by atoms with Gasteiger partial charge in [0.05, 0.1) is 17.3 Å². The zero-order valence-electron chi connectivity index (χ0n) is 9.93. The van der Waals surface area contributed by atoms with E-state index in [9.17, 15) is 30.7 Å². The highest BCUT2D eigenvalue weighted by molar-refractivity contribution is 5.84. The summed E-state index contributed by atoms with van der Waals surface area (Å²) in [5.41, 5.74) is 4.87. The molecule has 0 aliphatic rings. The summed E-state index contributed by atoms with van der Waals surface area (Å²) in [6.45, 7) is 0. The van der Waals surface area contributed by atoms with E-state index >= 15 is 0 Å². The summed E-state index contributed by atoms with van der Waals surface area (Å²) < 4.78 is 88.8. The van der Waals surface area contributed by atoms with Crippen molar-refractivity contribution in [1.29, 1.82) is 0 Å². The highest BCUT2D eigenvalue weighted by Crippen LogP contribution is 2.38. The molecule has 0 saturated heterocycles. The van der Waals surface area contributed by atoms with Crippen LogP contribution in [0.4, 0.5) is 30.7 Å². The van der Waals surface area contributed by atoms with Gasteiger partial charge in [-0.05, 0) is 12.1 Å². The molecule has 21 heavy (non-hydrogen) atoms. The number of hydrogen-bond donors (Lipinski definition) is 2. The monoisotopic (exact) mass is 316 g/mol. The van der Waals surface area contributed by atoms with Gasteiger partial charge in [-0.3, -0.25) is 0 Å². The normalized spacial score (nSPS) is 12.7. The van der Waals surface area contributed by atoms with E-state index in [0.717, 1.165) is 0 Å². The maximum Gasteiger partial charge on any atom is 0.417 e. The Morgan fingerprint density at radius 2 is 1.57 bits per heavy atom. The molecule has 0 atom stereocenters. The zero-order valence-corrected chi connectivity index (χ0v) is 9.93. The summed E-state index contributed by atoms with van der Waals surface area (Å²) in [7, 11) is 0. The van der Waals surface area contributed by atoms with Gasteiger partial charge in [0.25, 0.3) is 0 Å². The van der Waals surface area contributed by atoms with E-state index in [1.807, 2.05) is 0 Å². The minimum absolute atomic E-state index is 0.0773. The Morgan fingerprint density at radius 3 is 2.00 bits per heavy atom. The Kier molecular flexibility index (Phi) is 4.44. The number of nitrogens with zero attached hydrogens (tertiary/aromatic N) is 2. The van der Waals surface area contributed by atoms with Gasteiger partial charge in [-0.25, -0.2) is 4.39 Å². The quantitative estimate of drug-likeness (QED) is 0.380. The second-order valence-electron chi connectivity index (χ2n) is 3.68. The van der Waals surface area contributed by atoms with Crippen LogP contribution in [-0.2, 0) is 12.4 Å². The summed E-state index contributed by atoms with van der Waals surface area (Å²) in [4.78, 5) is 0. The molecule has 0 radical (unpaired) electrons. The van der Waals surface area contributed by atoms with Crippen molar-refractivity contribution in [3.8, 4) is 0 Å². The highest BCUT2D eigenvalue weighted by Gasteiger charge is 2.39. The molecule has 0 fully saturated rings. The largest absolute Gasteiger partial charge is 0.417 e. The molecule has 4 nitrogen and oxygen atoms in total. The van der Waals surface area contributed by atoms with E-state index in [2.05, 4.69) is 10.2 Å². The van der Waals surface area contributed by atoms with Gasteiger partial charge in [0.1, 0.15) is 5.82 Å². The van der Waals surface area contributed by atoms with Crippen molar-refractivity contribution in [1.82, 2.24) is 0 Å². The number of alkyl halides is 6. The van der Waals surface area contributed by atoms with Crippen LogP contribution in [0, 0.1) is 5.82 Å². The van der Waals surface area contributed by atoms with E-state index in [-0.39, 0.29) is 18.3 Å². The van der Waals surface area contributed by atoms with Crippen LogP contribution in [0.5, 0.6) is 0 Å². The first kappa shape index (κ1) is 16.7. The Morgan fingerprint density at radius 1 is 1.00 bits per heavy atom. The van der Waals surface area contributed by atoms with Gasteiger partial charge in [0.2, 0.25) is 5.96 Å². The summed E-state index contributed by atoms with van der Waals surface area (Å²) in [6.07, 6.45) is -10.1. The third-order valence-corrected chi connectivity index (χ3v) is 2.12. The van der Waals surface area contributed by atoms with Crippen molar-refractivity contribution in [2.24, 2.45) is 21.7 Å². The van der Waals surface area contributed by atoms with Gasteiger partial charge in [-0.1, -0.05) is 0 Å². The molecule has 0 bridgehead atoms. The first-order chi connectivity index (χ1) is 9.43. The van der Waals surface area contributed by atoms with Gasteiger partial charge < -0.3 is 11.5 Å². The lowest BCUT2D eigenvalue weighted by atomic mass is 10.0. The molecule has 0 unspecified atom stereocenters. The maximum absolute atomic E-state index is 13.5. The number of halogens is 7. The molecule has 4 N–H and O–H groups in total. The molecule has 0 aromatic heterocycles. The third kappa shape index (κ3) is 4.33. The number of hydrogen-bond acceptors (Lipinski definition) is 2. The van der Waals surface area contributed by atoms with E-state index in [1.165, 1.54) is 0 Å². The van der Waals surface area contributed by atoms with Crippen molar-refractivity contribution in [3.05, 3.63) is 34.6 Å². The molecule has 11 heteroatoms. The van der Waals surface area contributed by atoms with Crippen molar-refractivity contribution < 1.29 is 30.7 Å². The number of guanidine groups is 1. The standard InChI is InChI=1S/C10H7F7N4/c11-7-2-4(9(12,13)14)1-6(10(15,16)17)5(7)3-20-21-8(18)19/h1-3H,(H4,18,19,21). The first-order valence-electron chi connectivity index (χ1n) is 5.03. The van der Waals surface area contributed by atoms with Crippen molar-refractivity contribution >= 4 is 12.2 Å². The average molecular weight is 316 g/mol. The highest BCUT2D eigenvalue weighted by atomic mass is 19.4. The Bertz CT molecular complexity index is 582. The molecule has 1 rings (SSSR count). The van der Waals surface area contributed by atoms with Crippen LogP contribution >= 0.6 is 0 Å². The Hall–Kier alpha value is -2.33. The van der Waals surface area contributed by atoms with Crippen LogP contribution in [0.1, 0.15) is 16.7 Å². The van der Waals surface area contributed by atoms with Crippen LogP contribution in [-0.4, -0.2) is 12.2 Å². The van der Waals surface area contributed by atoms with E-state index < -0.39 is 40.8 Å². The summed E-state index contributed by atoms with van der Waals surface area (Å²) in [5.74, 6) is -2.38. The van der Waals surface area contributed by atoms with Crippen molar-refractivity contribution in [3.63, 3.8) is 0 Å². The lowest BCUT2D eigenvalue weighted by Crippen LogP contribution is -2.21. The van der Waals surface area contributed by atoms with Crippen molar-refractivity contribution in [2.75, 3.05) is 0 Å². The first-order valence-corrected chi connectivity index (χ1v) is 5.03. The average Bonchev–Trinajstić information content (AvgIpc) is 2.27. The van der Waals surface area contributed by atoms with Crippen LogP contribution in [0.3, 0.4) is 0 Å². The Labute approximate surface area is 112 Å². The van der Waals surface area contributed by atoms with Crippen LogP contribution in [0.2, 0.25) is 0 Å². The van der Waals surface area contributed by atoms with Gasteiger partial charge >= 0.3 is 12.4 Å². The molecular formula is C10H7F7N4. The molecule has 0 aliphatic carbocycles. The number of rotatable bonds is 2. The fourth-order valence-electron chi connectivity index (χ4n) is 1.30. The summed E-state index contributed by atoms with van der Waals surface area (Å²) >= 11 is 0. The molecule has 1 aromatic carbocycles. The molecule has 0 heterocycles. The van der Waals surface area contributed by atoms with E-state index in [0.29, 0.717) is 0 Å². The maximum atomic E-state index is 13.5. The molecule has 0 spiro atoms. The lowest BCUT2D eigenvalue weighted by Gasteiger charge is -2.14. The zero-order chi connectivity index (χ0) is 16.4. The number of nitrogens with two attached hydrogens (primary N) is 2. The minimum atomic E-state index is -5.22. The second-order valence-corrected chi connectivity index (χ2v) is 3.68. The topological polar surface area (TPSA) is 76.8 Å². The molecular weight excluding hydrogens is 309 g/mol. The number of benzene rings is 1. The predicted octanol–water partition coefficient (Wildman–Crippen LogP) is 2.47. The van der Waals surface area contributed by atoms with Crippen LogP contribution in [0.15, 0.2) is 22.3 Å². The van der Waals surface area contributed by atoms with Crippen molar-refractivity contribution in [2.45, 2.75) is 12.4 Å². The van der Waals surface area contributed by atoms with Gasteiger partial charge in [-0.15, -0.1) is 5.10 Å². The third-order valence-electron chi connectivity index (χ3n) is 2.12. The Balaban J connectivity index is 3.50. The summed E-state index contributed by atoms with van der Waals surface area (Å²) in [6, 6.07) is -0.300. The molecule has 1 aromatic rings.